The van der Waals surface area contributed by atoms with Crippen molar-refractivity contribution < 1.29 is 10.0 Å². The zero-order valence-corrected chi connectivity index (χ0v) is 10.8. The average molecular weight is 246 g/mol. The Balaban J connectivity index is 2.69. The lowest BCUT2D eigenvalue weighted by Gasteiger charge is -2.05. The van der Waals surface area contributed by atoms with E-state index in [9.17, 15) is 10.0 Å². The van der Waals surface area contributed by atoms with Gasteiger partial charge in [0.05, 0.1) is 0 Å². The highest BCUT2D eigenvalue weighted by Crippen LogP contribution is 2.36. The van der Waals surface area contributed by atoms with Gasteiger partial charge < -0.3 is 10.0 Å². The normalized spacial score (nSPS) is 12.1. The van der Waals surface area contributed by atoms with E-state index in [1.165, 1.54) is 15.6 Å². The van der Waals surface area contributed by atoms with Gasteiger partial charge in [-0.3, -0.25) is 0 Å². The molecule has 1 heterocycles. The van der Waals surface area contributed by atoms with E-state index in [2.05, 4.69) is 19.1 Å². The van der Waals surface area contributed by atoms with Gasteiger partial charge in [-0.15, -0.1) is 11.3 Å². The SMILES string of the molecule is C/C=C(/B(O)O)c1sc2ccccc2c1CC. The van der Waals surface area contributed by atoms with Crippen LogP contribution < -0.4 is 0 Å². The highest BCUT2D eigenvalue weighted by Gasteiger charge is 2.21. The predicted octanol–water partition coefficient (Wildman–Crippen LogP) is 2.88. The molecule has 0 aliphatic heterocycles. The van der Waals surface area contributed by atoms with Crippen LogP contribution in [0.25, 0.3) is 15.6 Å². The molecule has 0 amide bonds. The van der Waals surface area contributed by atoms with E-state index in [-0.39, 0.29) is 0 Å². The molecule has 2 rings (SSSR count). The first-order chi connectivity index (χ1) is 8.19. The lowest BCUT2D eigenvalue weighted by atomic mass is 9.77. The van der Waals surface area contributed by atoms with Crippen molar-refractivity contribution in [2.24, 2.45) is 0 Å². The average Bonchev–Trinajstić information content (AvgIpc) is 2.67. The van der Waals surface area contributed by atoms with Crippen molar-refractivity contribution in [1.82, 2.24) is 0 Å². The lowest BCUT2D eigenvalue weighted by molar-refractivity contribution is 0.427. The van der Waals surface area contributed by atoms with Gasteiger partial charge in [0.1, 0.15) is 0 Å². The quantitative estimate of drug-likeness (QED) is 0.817. The van der Waals surface area contributed by atoms with Crippen molar-refractivity contribution in [2.75, 3.05) is 0 Å². The van der Waals surface area contributed by atoms with Gasteiger partial charge >= 0.3 is 7.12 Å². The second-order valence-corrected chi connectivity index (χ2v) is 4.93. The molecule has 88 valence electrons. The number of thiophene rings is 1. The maximum Gasteiger partial charge on any atom is 0.489 e. The van der Waals surface area contributed by atoms with E-state index in [4.69, 9.17) is 0 Å². The molecule has 4 heteroatoms. The first kappa shape index (κ1) is 12.4. The molecule has 1 aromatic carbocycles. The molecule has 0 fully saturated rings. The van der Waals surface area contributed by atoms with Crippen LogP contribution in [0.4, 0.5) is 0 Å². The van der Waals surface area contributed by atoms with Crippen LogP contribution in [0.5, 0.6) is 0 Å². The van der Waals surface area contributed by atoms with Crippen molar-refractivity contribution in [3.8, 4) is 0 Å². The molecule has 2 aromatic rings. The monoisotopic (exact) mass is 246 g/mol. The zero-order chi connectivity index (χ0) is 12.4. The van der Waals surface area contributed by atoms with Crippen molar-refractivity contribution in [3.05, 3.63) is 40.8 Å². The molecule has 0 spiro atoms. The maximum absolute atomic E-state index is 9.40. The Hall–Kier alpha value is -1.10. The van der Waals surface area contributed by atoms with Crippen LogP contribution in [0.15, 0.2) is 30.3 Å². The zero-order valence-electron chi connectivity index (χ0n) is 9.97. The van der Waals surface area contributed by atoms with Crippen LogP contribution >= 0.6 is 11.3 Å². The number of rotatable bonds is 3. The fraction of sp³-hybridized carbons (Fsp3) is 0.231. The van der Waals surface area contributed by atoms with Gasteiger partial charge in [-0.1, -0.05) is 31.2 Å². The van der Waals surface area contributed by atoms with Crippen molar-refractivity contribution >= 4 is 34.0 Å². The summed E-state index contributed by atoms with van der Waals surface area (Å²) in [5.41, 5.74) is 1.80. The fourth-order valence-electron chi connectivity index (χ4n) is 2.08. The molecular weight excluding hydrogens is 231 g/mol. The maximum atomic E-state index is 9.40. The number of aryl methyl sites for hydroxylation is 1. The van der Waals surface area contributed by atoms with Gasteiger partial charge in [0.2, 0.25) is 0 Å². The van der Waals surface area contributed by atoms with E-state index in [1.54, 1.807) is 17.4 Å². The van der Waals surface area contributed by atoms with Gasteiger partial charge in [-0.2, -0.15) is 0 Å². The number of hydrogen-bond acceptors (Lipinski definition) is 3. The number of allylic oxidation sites excluding steroid dienone is 1. The first-order valence-corrected chi connectivity index (χ1v) is 6.53. The summed E-state index contributed by atoms with van der Waals surface area (Å²) in [6, 6.07) is 8.18. The third-order valence-electron chi connectivity index (χ3n) is 2.90. The summed E-state index contributed by atoms with van der Waals surface area (Å²) >= 11 is 1.62. The third kappa shape index (κ3) is 2.16. The largest absolute Gasteiger partial charge is 0.489 e. The number of benzene rings is 1. The van der Waals surface area contributed by atoms with Gasteiger partial charge in [-0.05, 0) is 35.8 Å². The second-order valence-electron chi connectivity index (χ2n) is 3.88. The first-order valence-electron chi connectivity index (χ1n) is 5.72. The van der Waals surface area contributed by atoms with E-state index < -0.39 is 7.12 Å². The summed E-state index contributed by atoms with van der Waals surface area (Å²) in [7, 11) is -1.40. The number of fused-ring (bicyclic) bond motifs is 1. The Morgan fingerprint density at radius 2 is 2.06 bits per heavy atom. The lowest BCUT2D eigenvalue weighted by Crippen LogP contribution is -2.14. The van der Waals surface area contributed by atoms with Crippen LogP contribution in [-0.2, 0) is 6.42 Å². The van der Waals surface area contributed by atoms with Crippen molar-refractivity contribution in [3.63, 3.8) is 0 Å². The van der Waals surface area contributed by atoms with Gasteiger partial charge in [-0.25, -0.2) is 0 Å². The Morgan fingerprint density at radius 3 is 2.65 bits per heavy atom. The van der Waals surface area contributed by atoms with Gasteiger partial charge in [0.15, 0.2) is 0 Å². The van der Waals surface area contributed by atoms with E-state index in [1.807, 2.05) is 19.1 Å². The molecule has 0 atom stereocenters. The molecular formula is C13H15BO2S. The third-order valence-corrected chi connectivity index (χ3v) is 4.17. The topological polar surface area (TPSA) is 40.5 Å². The molecule has 0 unspecified atom stereocenters. The van der Waals surface area contributed by atoms with Crippen molar-refractivity contribution in [1.29, 1.82) is 0 Å². The van der Waals surface area contributed by atoms with Crippen LogP contribution in [0.3, 0.4) is 0 Å². The fourth-order valence-corrected chi connectivity index (χ4v) is 3.47. The minimum Gasteiger partial charge on any atom is -0.423 e. The smallest absolute Gasteiger partial charge is 0.423 e. The Labute approximate surface area is 105 Å². The summed E-state index contributed by atoms with van der Waals surface area (Å²) in [5, 5.41) is 20.0. The van der Waals surface area contributed by atoms with Crippen LogP contribution in [0.1, 0.15) is 24.3 Å². The molecule has 2 N–H and O–H groups in total. The van der Waals surface area contributed by atoms with E-state index >= 15 is 0 Å². The molecule has 0 aliphatic rings. The Kier molecular flexibility index (Phi) is 3.67. The Morgan fingerprint density at radius 1 is 1.35 bits per heavy atom. The van der Waals surface area contributed by atoms with Crippen LogP contribution in [0, 0.1) is 0 Å². The van der Waals surface area contributed by atoms with Crippen LogP contribution in [0.2, 0.25) is 0 Å². The summed E-state index contributed by atoms with van der Waals surface area (Å²) < 4.78 is 1.19. The molecule has 0 saturated heterocycles. The van der Waals surface area contributed by atoms with E-state index in [0.29, 0.717) is 5.47 Å². The predicted molar refractivity (Wildman–Crippen MR) is 75.0 cm³/mol. The molecule has 17 heavy (non-hydrogen) atoms. The molecule has 0 radical (unpaired) electrons. The highest BCUT2D eigenvalue weighted by molar-refractivity contribution is 7.21. The molecule has 2 nitrogen and oxygen atoms in total. The second kappa shape index (κ2) is 5.04. The molecule has 1 aromatic heterocycles. The molecule has 0 aliphatic carbocycles. The summed E-state index contributed by atoms with van der Waals surface area (Å²) in [6.45, 7) is 3.92. The highest BCUT2D eigenvalue weighted by atomic mass is 32.1. The Bertz CT molecular complexity index is 558. The number of hydrogen-bond donors (Lipinski definition) is 2. The van der Waals surface area contributed by atoms with Gasteiger partial charge in [0, 0.05) is 9.58 Å². The van der Waals surface area contributed by atoms with E-state index in [0.717, 1.165) is 11.3 Å². The molecule has 0 saturated carbocycles. The minimum atomic E-state index is -1.40. The molecule has 0 bridgehead atoms. The van der Waals surface area contributed by atoms with Crippen molar-refractivity contribution in [2.45, 2.75) is 20.3 Å². The summed E-state index contributed by atoms with van der Waals surface area (Å²) in [5.74, 6) is 0. The summed E-state index contributed by atoms with van der Waals surface area (Å²) in [6.07, 6.45) is 2.66. The standard InChI is InChI=1S/C13H15BO2S/c1-3-9-10-7-5-6-8-12(10)17-13(9)11(4-2)14(15)16/h4-8,15-16H,3H2,1-2H3/b11-4+. The van der Waals surface area contributed by atoms with Crippen LogP contribution in [-0.4, -0.2) is 17.2 Å². The van der Waals surface area contributed by atoms with Gasteiger partial charge in [0.25, 0.3) is 0 Å². The summed E-state index contributed by atoms with van der Waals surface area (Å²) in [4.78, 5) is 0.992. The minimum absolute atomic E-state index is 0.600.